The van der Waals surface area contributed by atoms with Crippen LogP contribution in [0.5, 0.6) is 0 Å². The van der Waals surface area contributed by atoms with E-state index < -0.39 is 4.92 Å². The van der Waals surface area contributed by atoms with Gasteiger partial charge >= 0.3 is 0 Å². The van der Waals surface area contributed by atoms with Gasteiger partial charge in [-0.25, -0.2) is 0 Å². The molecule has 29 heavy (non-hydrogen) atoms. The van der Waals surface area contributed by atoms with Crippen LogP contribution in [0.4, 0.5) is 11.4 Å². The van der Waals surface area contributed by atoms with Crippen molar-refractivity contribution in [1.29, 1.82) is 0 Å². The van der Waals surface area contributed by atoms with Gasteiger partial charge in [-0.3, -0.25) is 20.0 Å². The Hall–Kier alpha value is -2.75. The molecule has 0 radical (unpaired) electrons. The third-order valence-corrected chi connectivity index (χ3v) is 5.90. The maximum Gasteiger partial charge on any atom is 0.292 e. The molecule has 0 bridgehead atoms. The molecule has 1 amide bonds. The molecule has 1 saturated carbocycles. The van der Waals surface area contributed by atoms with Gasteiger partial charge in [0, 0.05) is 44.1 Å². The van der Waals surface area contributed by atoms with Crippen LogP contribution >= 0.6 is 12.2 Å². The number of carbonyl (C=O) groups is 1. The maximum absolute atomic E-state index is 12.5. The van der Waals surface area contributed by atoms with E-state index in [4.69, 9.17) is 12.2 Å². The number of benzene rings is 1. The minimum absolute atomic E-state index is 0.0184. The van der Waals surface area contributed by atoms with Gasteiger partial charge in [0.1, 0.15) is 11.5 Å². The number of aromatic amines is 1. The minimum Gasteiger partial charge on any atom is -0.379 e. The van der Waals surface area contributed by atoms with Crippen LogP contribution in [0.1, 0.15) is 49.9 Å². The van der Waals surface area contributed by atoms with Gasteiger partial charge in [-0.15, -0.1) is 0 Å². The normalized spacial score (nSPS) is 17.3. The number of piperidine rings is 1. The SMILES string of the molecule is O=C(CCNc1ccccc1[N+](=O)[O-])N1CCC(c2n[nH]c(=S)n2C2CC2)CC1. The molecule has 9 nitrogen and oxygen atoms in total. The highest BCUT2D eigenvalue weighted by Gasteiger charge is 2.32. The number of nitrogens with one attached hydrogen (secondary N) is 2. The Morgan fingerprint density at radius 2 is 2.00 bits per heavy atom. The lowest BCUT2D eigenvalue weighted by Gasteiger charge is -2.31. The van der Waals surface area contributed by atoms with Crippen LogP contribution in [-0.4, -0.2) is 50.1 Å². The number of hydrogen-bond acceptors (Lipinski definition) is 6. The summed E-state index contributed by atoms with van der Waals surface area (Å²) in [6.07, 6.45) is 4.36. The Bertz CT molecular complexity index is 959. The second-order valence-electron chi connectivity index (χ2n) is 7.59. The zero-order chi connectivity index (χ0) is 20.4. The molecule has 2 fully saturated rings. The van der Waals surface area contributed by atoms with Crippen LogP contribution in [0, 0.1) is 14.9 Å². The molecule has 4 rings (SSSR count). The molecular weight excluding hydrogens is 392 g/mol. The first kappa shape index (κ1) is 19.6. The molecule has 2 aromatic rings. The molecule has 1 aliphatic heterocycles. The molecule has 2 heterocycles. The van der Waals surface area contributed by atoms with Gasteiger partial charge < -0.3 is 14.8 Å². The summed E-state index contributed by atoms with van der Waals surface area (Å²) in [6.45, 7) is 1.75. The molecule has 1 aromatic carbocycles. The van der Waals surface area contributed by atoms with Gasteiger partial charge in [-0.2, -0.15) is 5.10 Å². The van der Waals surface area contributed by atoms with Crippen molar-refractivity contribution in [3.63, 3.8) is 0 Å². The quantitative estimate of drug-likeness (QED) is 0.407. The summed E-state index contributed by atoms with van der Waals surface area (Å²) < 4.78 is 2.86. The number of nitro benzene ring substituents is 1. The highest BCUT2D eigenvalue weighted by Crippen LogP contribution is 2.39. The average Bonchev–Trinajstić information content (AvgIpc) is 3.49. The van der Waals surface area contributed by atoms with Crippen molar-refractivity contribution in [3.8, 4) is 0 Å². The zero-order valence-corrected chi connectivity index (χ0v) is 16.9. The molecular formula is C19H24N6O3S. The van der Waals surface area contributed by atoms with Gasteiger partial charge in [-0.1, -0.05) is 12.1 Å². The van der Waals surface area contributed by atoms with Crippen LogP contribution in [0.3, 0.4) is 0 Å². The van der Waals surface area contributed by atoms with E-state index >= 15 is 0 Å². The van der Waals surface area contributed by atoms with E-state index in [1.54, 1.807) is 18.2 Å². The predicted molar refractivity (Wildman–Crippen MR) is 110 cm³/mol. The highest BCUT2D eigenvalue weighted by atomic mass is 32.1. The van der Waals surface area contributed by atoms with Crippen molar-refractivity contribution in [2.24, 2.45) is 0 Å². The van der Waals surface area contributed by atoms with E-state index in [0.29, 0.717) is 48.5 Å². The number of anilines is 1. The summed E-state index contributed by atoms with van der Waals surface area (Å²) in [6, 6.07) is 6.95. The fourth-order valence-electron chi connectivity index (χ4n) is 3.92. The number of nitrogens with zero attached hydrogens (tertiary/aromatic N) is 4. The number of carbonyl (C=O) groups excluding carboxylic acids is 1. The first-order chi connectivity index (χ1) is 14.0. The largest absolute Gasteiger partial charge is 0.379 e. The number of aromatic nitrogens is 3. The highest BCUT2D eigenvalue weighted by molar-refractivity contribution is 7.71. The monoisotopic (exact) mass is 416 g/mol. The summed E-state index contributed by atoms with van der Waals surface area (Å²) in [7, 11) is 0. The first-order valence-corrected chi connectivity index (χ1v) is 10.4. The standard InChI is InChI=1S/C19H24N6O3S/c26-17(7-10-20-15-3-1-2-4-16(15)25(27)28)23-11-8-13(9-12-23)18-21-22-19(29)24(18)14-5-6-14/h1-4,13-14,20H,5-12H2,(H,22,29). The van der Waals surface area contributed by atoms with Gasteiger partial charge in [-0.05, 0) is 44.0 Å². The molecule has 0 atom stereocenters. The Morgan fingerprint density at radius 1 is 1.28 bits per heavy atom. The molecule has 154 valence electrons. The number of amides is 1. The van der Waals surface area contributed by atoms with Crippen molar-refractivity contribution in [2.75, 3.05) is 25.0 Å². The topological polar surface area (TPSA) is 109 Å². The van der Waals surface area contributed by atoms with Crippen molar-refractivity contribution in [1.82, 2.24) is 19.7 Å². The van der Waals surface area contributed by atoms with Crippen molar-refractivity contribution in [2.45, 2.75) is 44.1 Å². The third-order valence-electron chi connectivity index (χ3n) is 5.61. The Balaban J connectivity index is 1.28. The fraction of sp³-hybridized carbons (Fsp3) is 0.526. The number of H-pyrrole nitrogens is 1. The van der Waals surface area contributed by atoms with Gasteiger partial charge in [0.25, 0.3) is 5.69 Å². The molecule has 1 saturated heterocycles. The predicted octanol–water partition coefficient (Wildman–Crippen LogP) is 3.39. The third kappa shape index (κ3) is 4.31. The smallest absolute Gasteiger partial charge is 0.292 e. The van der Waals surface area contributed by atoms with E-state index in [0.717, 1.165) is 31.5 Å². The molecule has 2 N–H and O–H groups in total. The lowest BCUT2D eigenvalue weighted by atomic mass is 9.95. The second-order valence-corrected chi connectivity index (χ2v) is 7.98. The Labute approximate surface area is 173 Å². The van der Waals surface area contributed by atoms with Crippen LogP contribution < -0.4 is 5.32 Å². The average molecular weight is 417 g/mol. The van der Waals surface area contributed by atoms with Crippen LogP contribution in [0.25, 0.3) is 0 Å². The number of hydrogen-bond donors (Lipinski definition) is 2. The molecule has 0 unspecified atom stereocenters. The summed E-state index contributed by atoms with van der Waals surface area (Å²) in [5.74, 6) is 1.41. The number of para-hydroxylation sites is 2. The Morgan fingerprint density at radius 3 is 2.69 bits per heavy atom. The van der Waals surface area contributed by atoms with Crippen LogP contribution in [0.15, 0.2) is 24.3 Å². The van der Waals surface area contributed by atoms with E-state index in [1.807, 2.05) is 4.90 Å². The van der Waals surface area contributed by atoms with Crippen molar-refractivity contribution < 1.29 is 9.72 Å². The molecule has 1 aliphatic carbocycles. The minimum atomic E-state index is -0.424. The molecule has 10 heteroatoms. The van der Waals surface area contributed by atoms with Gasteiger partial charge in [0.15, 0.2) is 4.77 Å². The van der Waals surface area contributed by atoms with Crippen molar-refractivity contribution in [3.05, 3.63) is 45.0 Å². The summed E-state index contributed by atoms with van der Waals surface area (Å²) >= 11 is 5.37. The lowest BCUT2D eigenvalue weighted by Crippen LogP contribution is -2.39. The molecule has 0 spiro atoms. The lowest BCUT2D eigenvalue weighted by molar-refractivity contribution is -0.384. The van der Waals surface area contributed by atoms with E-state index in [1.165, 1.54) is 6.07 Å². The van der Waals surface area contributed by atoms with Crippen molar-refractivity contribution >= 4 is 29.5 Å². The summed E-state index contributed by atoms with van der Waals surface area (Å²) in [4.78, 5) is 25.1. The van der Waals surface area contributed by atoms with Gasteiger partial charge in [0.2, 0.25) is 5.91 Å². The fourth-order valence-corrected chi connectivity index (χ4v) is 4.21. The summed E-state index contributed by atoms with van der Waals surface area (Å²) in [5.41, 5.74) is 0.455. The first-order valence-electron chi connectivity index (χ1n) is 9.96. The van der Waals surface area contributed by atoms with E-state index in [-0.39, 0.29) is 11.6 Å². The zero-order valence-electron chi connectivity index (χ0n) is 16.0. The molecule has 1 aromatic heterocycles. The number of nitro groups is 1. The number of rotatable bonds is 7. The molecule has 2 aliphatic rings. The van der Waals surface area contributed by atoms with E-state index in [2.05, 4.69) is 20.1 Å². The van der Waals surface area contributed by atoms with Crippen LogP contribution in [0.2, 0.25) is 0 Å². The Kier molecular flexibility index (Phi) is 5.61. The maximum atomic E-state index is 12.5. The van der Waals surface area contributed by atoms with Crippen LogP contribution in [-0.2, 0) is 4.79 Å². The second kappa shape index (κ2) is 8.32. The van der Waals surface area contributed by atoms with E-state index in [9.17, 15) is 14.9 Å². The van der Waals surface area contributed by atoms with Gasteiger partial charge in [0.05, 0.1) is 4.92 Å². The number of likely N-dealkylation sites (tertiary alicyclic amines) is 1. The summed E-state index contributed by atoms with van der Waals surface area (Å²) in [5, 5.41) is 21.4.